The largest absolute Gasteiger partial charge is 0.253 e. The standard InChI is InChI=1S/C11H15N/c1-5-11-10(8(2)3)7-6-9(4)12-11/h5-8H,1H2,2-4H3. The summed E-state index contributed by atoms with van der Waals surface area (Å²) in [7, 11) is 0. The van der Waals surface area contributed by atoms with Crippen molar-refractivity contribution in [1.82, 2.24) is 4.98 Å². The summed E-state index contributed by atoms with van der Waals surface area (Å²) < 4.78 is 0. The molecule has 1 aromatic heterocycles. The van der Waals surface area contributed by atoms with Gasteiger partial charge in [0.15, 0.2) is 0 Å². The maximum atomic E-state index is 4.39. The molecular formula is C11H15N. The van der Waals surface area contributed by atoms with Gasteiger partial charge in [-0.3, -0.25) is 4.98 Å². The molecule has 0 aliphatic heterocycles. The first kappa shape index (κ1) is 8.98. The molecule has 0 spiro atoms. The molecule has 1 heteroatoms. The van der Waals surface area contributed by atoms with Gasteiger partial charge in [-0.15, -0.1) is 0 Å². The molecule has 0 aromatic carbocycles. The van der Waals surface area contributed by atoms with Crippen LogP contribution in [0.25, 0.3) is 6.08 Å². The van der Waals surface area contributed by atoms with E-state index in [1.807, 2.05) is 19.1 Å². The van der Waals surface area contributed by atoms with Gasteiger partial charge in [0.25, 0.3) is 0 Å². The molecule has 0 fully saturated rings. The minimum absolute atomic E-state index is 0.520. The van der Waals surface area contributed by atoms with E-state index in [0.29, 0.717) is 5.92 Å². The first-order valence-electron chi connectivity index (χ1n) is 4.25. The Labute approximate surface area is 74.2 Å². The van der Waals surface area contributed by atoms with Crippen molar-refractivity contribution >= 4 is 6.08 Å². The number of aryl methyl sites for hydroxylation is 1. The Bertz CT molecular complexity index is 287. The van der Waals surface area contributed by atoms with Gasteiger partial charge in [-0.25, -0.2) is 0 Å². The van der Waals surface area contributed by atoms with E-state index in [-0.39, 0.29) is 0 Å². The monoisotopic (exact) mass is 161 g/mol. The van der Waals surface area contributed by atoms with E-state index in [9.17, 15) is 0 Å². The van der Waals surface area contributed by atoms with E-state index < -0.39 is 0 Å². The Morgan fingerprint density at radius 1 is 1.42 bits per heavy atom. The van der Waals surface area contributed by atoms with Crippen molar-refractivity contribution in [2.24, 2.45) is 0 Å². The van der Waals surface area contributed by atoms with Gasteiger partial charge in [0.2, 0.25) is 0 Å². The number of rotatable bonds is 2. The fraction of sp³-hybridized carbons (Fsp3) is 0.364. The third kappa shape index (κ3) is 1.73. The second-order valence-corrected chi connectivity index (χ2v) is 3.29. The summed E-state index contributed by atoms with van der Waals surface area (Å²) in [4.78, 5) is 4.39. The maximum Gasteiger partial charge on any atom is 0.0661 e. The second-order valence-electron chi connectivity index (χ2n) is 3.29. The van der Waals surface area contributed by atoms with Crippen LogP contribution in [0.15, 0.2) is 18.7 Å². The molecule has 1 rings (SSSR count). The Hall–Kier alpha value is -1.11. The van der Waals surface area contributed by atoms with E-state index in [4.69, 9.17) is 0 Å². The first-order chi connectivity index (χ1) is 5.65. The van der Waals surface area contributed by atoms with E-state index in [1.54, 1.807) is 0 Å². The molecular weight excluding hydrogens is 146 g/mol. The molecule has 0 amide bonds. The lowest BCUT2D eigenvalue weighted by Crippen LogP contribution is -1.95. The number of pyridine rings is 1. The molecule has 0 aliphatic rings. The SMILES string of the molecule is C=Cc1nc(C)ccc1C(C)C. The molecule has 0 unspecified atom stereocenters. The zero-order valence-electron chi connectivity index (χ0n) is 7.96. The van der Waals surface area contributed by atoms with Crippen molar-refractivity contribution in [1.29, 1.82) is 0 Å². The highest BCUT2D eigenvalue weighted by molar-refractivity contribution is 5.48. The van der Waals surface area contributed by atoms with Crippen LogP contribution in [0.4, 0.5) is 0 Å². The molecule has 1 heterocycles. The molecule has 0 saturated carbocycles. The van der Waals surface area contributed by atoms with Crippen LogP contribution in [0.2, 0.25) is 0 Å². The Kier molecular flexibility index (Phi) is 2.64. The van der Waals surface area contributed by atoms with Gasteiger partial charge in [-0.1, -0.05) is 26.5 Å². The van der Waals surface area contributed by atoms with Crippen LogP contribution in [0.3, 0.4) is 0 Å². The highest BCUT2D eigenvalue weighted by Gasteiger charge is 2.04. The molecule has 1 nitrogen and oxygen atoms in total. The smallest absolute Gasteiger partial charge is 0.0661 e. The van der Waals surface area contributed by atoms with Crippen LogP contribution < -0.4 is 0 Å². The van der Waals surface area contributed by atoms with Crippen molar-refractivity contribution in [3.05, 3.63) is 35.7 Å². The van der Waals surface area contributed by atoms with Gasteiger partial charge in [0.05, 0.1) is 5.69 Å². The van der Waals surface area contributed by atoms with Gasteiger partial charge >= 0.3 is 0 Å². The van der Waals surface area contributed by atoms with Gasteiger partial charge < -0.3 is 0 Å². The number of aromatic nitrogens is 1. The van der Waals surface area contributed by atoms with Crippen LogP contribution in [0.1, 0.15) is 36.7 Å². The summed E-state index contributed by atoms with van der Waals surface area (Å²) in [5.74, 6) is 0.520. The predicted molar refractivity (Wildman–Crippen MR) is 53.2 cm³/mol. The summed E-state index contributed by atoms with van der Waals surface area (Å²) in [6, 6.07) is 4.17. The highest BCUT2D eigenvalue weighted by atomic mass is 14.7. The van der Waals surface area contributed by atoms with E-state index in [1.165, 1.54) is 5.56 Å². The first-order valence-corrected chi connectivity index (χ1v) is 4.25. The quantitative estimate of drug-likeness (QED) is 0.649. The molecule has 0 N–H and O–H groups in total. The molecule has 0 aliphatic carbocycles. The van der Waals surface area contributed by atoms with E-state index >= 15 is 0 Å². The van der Waals surface area contributed by atoms with Gasteiger partial charge in [0.1, 0.15) is 0 Å². The van der Waals surface area contributed by atoms with Crippen LogP contribution in [0, 0.1) is 6.92 Å². The molecule has 0 radical (unpaired) electrons. The van der Waals surface area contributed by atoms with Gasteiger partial charge in [-0.2, -0.15) is 0 Å². The summed E-state index contributed by atoms with van der Waals surface area (Å²) >= 11 is 0. The Balaban J connectivity index is 3.20. The molecule has 1 aromatic rings. The molecule has 64 valence electrons. The van der Waals surface area contributed by atoms with E-state index in [2.05, 4.69) is 31.5 Å². The van der Waals surface area contributed by atoms with Crippen LogP contribution in [-0.4, -0.2) is 4.98 Å². The van der Waals surface area contributed by atoms with Gasteiger partial charge in [0, 0.05) is 5.69 Å². The van der Waals surface area contributed by atoms with Crippen LogP contribution in [-0.2, 0) is 0 Å². The topological polar surface area (TPSA) is 12.9 Å². The third-order valence-electron chi connectivity index (χ3n) is 1.91. The number of hydrogen-bond acceptors (Lipinski definition) is 1. The van der Waals surface area contributed by atoms with Crippen LogP contribution >= 0.6 is 0 Å². The Morgan fingerprint density at radius 2 is 2.08 bits per heavy atom. The lowest BCUT2D eigenvalue weighted by molar-refractivity contribution is 0.851. The lowest BCUT2D eigenvalue weighted by Gasteiger charge is -2.08. The summed E-state index contributed by atoms with van der Waals surface area (Å²) in [6.07, 6.45) is 1.82. The zero-order chi connectivity index (χ0) is 9.14. The average Bonchev–Trinajstić information content (AvgIpc) is 2.03. The summed E-state index contributed by atoms with van der Waals surface area (Å²) in [6.45, 7) is 10.1. The molecule has 0 saturated heterocycles. The van der Waals surface area contributed by atoms with Crippen molar-refractivity contribution in [2.45, 2.75) is 26.7 Å². The Morgan fingerprint density at radius 3 is 2.58 bits per heavy atom. The number of hydrogen-bond donors (Lipinski definition) is 0. The second kappa shape index (κ2) is 3.53. The number of nitrogens with zero attached hydrogens (tertiary/aromatic N) is 1. The molecule has 0 atom stereocenters. The summed E-state index contributed by atoms with van der Waals surface area (Å²) in [5, 5.41) is 0. The van der Waals surface area contributed by atoms with Crippen molar-refractivity contribution < 1.29 is 0 Å². The predicted octanol–water partition coefficient (Wildman–Crippen LogP) is 3.16. The molecule has 12 heavy (non-hydrogen) atoms. The fourth-order valence-corrected chi connectivity index (χ4v) is 1.24. The normalized spacial score (nSPS) is 10.3. The van der Waals surface area contributed by atoms with Crippen LogP contribution in [0.5, 0.6) is 0 Å². The maximum absolute atomic E-state index is 4.39. The minimum Gasteiger partial charge on any atom is -0.253 e. The van der Waals surface area contributed by atoms with Crippen molar-refractivity contribution in [2.75, 3.05) is 0 Å². The fourth-order valence-electron chi connectivity index (χ4n) is 1.24. The highest BCUT2D eigenvalue weighted by Crippen LogP contribution is 2.18. The third-order valence-corrected chi connectivity index (χ3v) is 1.91. The summed E-state index contributed by atoms with van der Waals surface area (Å²) in [5.41, 5.74) is 3.34. The van der Waals surface area contributed by atoms with E-state index in [0.717, 1.165) is 11.4 Å². The minimum atomic E-state index is 0.520. The zero-order valence-corrected chi connectivity index (χ0v) is 7.96. The molecule has 0 bridgehead atoms. The van der Waals surface area contributed by atoms with Crippen molar-refractivity contribution in [3.8, 4) is 0 Å². The lowest BCUT2D eigenvalue weighted by atomic mass is 10.0. The van der Waals surface area contributed by atoms with Gasteiger partial charge in [-0.05, 0) is 30.5 Å². The average molecular weight is 161 g/mol. The van der Waals surface area contributed by atoms with Crippen molar-refractivity contribution in [3.63, 3.8) is 0 Å².